The van der Waals surface area contributed by atoms with Gasteiger partial charge in [0.05, 0.1) is 5.92 Å². The van der Waals surface area contributed by atoms with E-state index in [-0.39, 0.29) is 5.92 Å². The van der Waals surface area contributed by atoms with Crippen molar-refractivity contribution in [2.45, 2.75) is 46.1 Å². The third-order valence-electron chi connectivity index (χ3n) is 3.76. The van der Waals surface area contributed by atoms with Gasteiger partial charge in [-0.3, -0.25) is 0 Å². The first-order valence-corrected chi connectivity index (χ1v) is 8.19. The molecule has 1 aromatic heterocycles. The van der Waals surface area contributed by atoms with Crippen LogP contribution in [0.4, 0.5) is 0 Å². The van der Waals surface area contributed by atoms with Crippen molar-refractivity contribution in [2.24, 2.45) is 0 Å². The number of aromatic nitrogens is 2. The van der Waals surface area contributed by atoms with Gasteiger partial charge in [-0.25, -0.2) is 0 Å². The van der Waals surface area contributed by atoms with E-state index >= 15 is 0 Å². The summed E-state index contributed by atoms with van der Waals surface area (Å²) in [6.45, 7) is 9.40. The molecule has 1 heterocycles. The third-order valence-corrected chi connectivity index (χ3v) is 4.25. The average Bonchev–Trinajstić information content (AvgIpc) is 2.89. The first-order chi connectivity index (χ1) is 10.1. The third kappa shape index (κ3) is 3.71. The molecule has 2 rings (SSSR count). The van der Waals surface area contributed by atoms with E-state index in [0.29, 0.717) is 17.8 Å². The highest BCUT2D eigenvalue weighted by Gasteiger charge is 2.23. The van der Waals surface area contributed by atoms with Gasteiger partial charge < -0.3 is 9.84 Å². The molecule has 0 amide bonds. The number of likely N-dealkylation sites (N-methyl/N-ethyl adjacent to an activating group) is 1. The van der Waals surface area contributed by atoms with Crippen molar-refractivity contribution < 1.29 is 4.52 Å². The molecule has 1 N–H and O–H groups in total. The molecule has 5 heteroatoms. The molecule has 0 radical (unpaired) electrons. The van der Waals surface area contributed by atoms with Crippen LogP contribution in [0.3, 0.4) is 0 Å². The van der Waals surface area contributed by atoms with Gasteiger partial charge in [-0.2, -0.15) is 4.98 Å². The van der Waals surface area contributed by atoms with Gasteiger partial charge in [0, 0.05) is 16.1 Å². The number of rotatable bonds is 6. The highest BCUT2D eigenvalue weighted by Crippen LogP contribution is 2.27. The summed E-state index contributed by atoms with van der Waals surface area (Å²) in [4.78, 5) is 4.61. The average molecular weight is 352 g/mol. The van der Waals surface area contributed by atoms with E-state index in [9.17, 15) is 0 Å². The smallest absolute Gasteiger partial charge is 0.231 e. The monoisotopic (exact) mass is 351 g/mol. The molecule has 0 aliphatic rings. The lowest BCUT2D eigenvalue weighted by Crippen LogP contribution is -2.31. The molecule has 2 unspecified atom stereocenters. The lowest BCUT2D eigenvalue weighted by Gasteiger charge is -2.19. The van der Waals surface area contributed by atoms with Crippen LogP contribution in [0.25, 0.3) is 11.4 Å². The largest absolute Gasteiger partial charge is 0.339 e. The number of hydrogen-bond donors (Lipinski definition) is 1. The summed E-state index contributed by atoms with van der Waals surface area (Å²) < 4.78 is 6.57. The number of nitrogens with zero attached hydrogens (tertiary/aromatic N) is 2. The number of benzene rings is 1. The molecule has 114 valence electrons. The van der Waals surface area contributed by atoms with Crippen LogP contribution in [-0.2, 0) is 0 Å². The van der Waals surface area contributed by atoms with E-state index < -0.39 is 0 Å². The minimum atomic E-state index is 0.238. The molecule has 0 bridgehead atoms. The standard InChI is InChI=1S/C16H22BrN3O/c1-5-13(11(4)18-6-2)16-19-15(20-21-16)14-8-7-12(17)9-10(14)3/h7-9,11,13,18H,5-6H2,1-4H3. The summed E-state index contributed by atoms with van der Waals surface area (Å²) in [5, 5.41) is 7.59. The molecular weight excluding hydrogens is 330 g/mol. The normalized spacial score (nSPS) is 14.1. The lowest BCUT2D eigenvalue weighted by molar-refractivity contribution is 0.318. The van der Waals surface area contributed by atoms with Gasteiger partial charge in [0.15, 0.2) is 0 Å². The minimum Gasteiger partial charge on any atom is -0.339 e. The van der Waals surface area contributed by atoms with E-state index in [1.807, 2.05) is 12.1 Å². The predicted molar refractivity (Wildman–Crippen MR) is 88.3 cm³/mol. The molecule has 21 heavy (non-hydrogen) atoms. The van der Waals surface area contributed by atoms with Crippen molar-refractivity contribution in [3.63, 3.8) is 0 Å². The van der Waals surface area contributed by atoms with Gasteiger partial charge in [0.1, 0.15) is 0 Å². The van der Waals surface area contributed by atoms with Crippen molar-refractivity contribution >= 4 is 15.9 Å². The van der Waals surface area contributed by atoms with Crippen LogP contribution >= 0.6 is 15.9 Å². The molecule has 2 aromatic rings. The van der Waals surface area contributed by atoms with E-state index in [1.54, 1.807) is 0 Å². The van der Waals surface area contributed by atoms with Crippen LogP contribution in [0.1, 0.15) is 44.6 Å². The molecule has 1 aromatic carbocycles. The fourth-order valence-corrected chi connectivity index (χ4v) is 3.05. The van der Waals surface area contributed by atoms with Crippen LogP contribution in [-0.4, -0.2) is 22.7 Å². The number of hydrogen-bond acceptors (Lipinski definition) is 4. The Labute approximate surface area is 134 Å². The van der Waals surface area contributed by atoms with Crippen molar-refractivity contribution in [2.75, 3.05) is 6.54 Å². The van der Waals surface area contributed by atoms with Crippen LogP contribution in [0, 0.1) is 6.92 Å². The summed E-state index contributed by atoms with van der Waals surface area (Å²) in [6, 6.07) is 6.39. The van der Waals surface area contributed by atoms with E-state index in [0.717, 1.165) is 28.6 Å². The maximum absolute atomic E-state index is 5.51. The topological polar surface area (TPSA) is 51.0 Å². The zero-order valence-corrected chi connectivity index (χ0v) is 14.6. The molecule has 0 saturated carbocycles. The highest BCUT2D eigenvalue weighted by molar-refractivity contribution is 9.10. The second kappa shape index (κ2) is 7.18. The zero-order valence-electron chi connectivity index (χ0n) is 13.0. The van der Waals surface area contributed by atoms with Gasteiger partial charge in [0.25, 0.3) is 0 Å². The van der Waals surface area contributed by atoms with Crippen LogP contribution in [0.5, 0.6) is 0 Å². The first kappa shape index (κ1) is 16.2. The Kier molecular flexibility index (Phi) is 5.53. The molecule has 0 saturated heterocycles. The maximum atomic E-state index is 5.51. The van der Waals surface area contributed by atoms with Crippen molar-refractivity contribution in [3.8, 4) is 11.4 Å². The molecule has 0 spiro atoms. The Hall–Kier alpha value is -1.20. The maximum Gasteiger partial charge on any atom is 0.231 e. The summed E-state index contributed by atoms with van der Waals surface area (Å²) >= 11 is 3.47. The Morgan fingerprint density at radius 2 is 2.10 bits per heavy atom. The fourth-order valence-electron chi connectivity index (χ4n) is 2.58. The Morgan fingerprint density at radius 1 is 1.33 bits per heavy atom. The van der Waals surface area contributed by atoms with Gasteiger partial charge in [-0.05, 0) is 50.6 Å². The van der Waals surface area contributed by atoms with E-state index in [4.69, 9.17) is 4.52 Å². The number of nitrogens with one attached hydrogen (secondary N) is 1. The van der Waals surface area contributed by atoms with Crippen molar-refractivity contribution in [1.29, 1.82) is 0 Å². The predicted octanol–water partition coefficient (Wildman–Crippen LogP) is 4.30. The summed E-state index contributed by atoms with van der Waals surface area (Å²) in [6.07, 6.45) is 0.967. The van der Waals surface area contributed by atoms with Crippen molar-refractivity contribution in [3.05, 3.63) is 34.1 Å². The molecule has 4 nitrogen and oxygen atoms in total. The first-order valence-electron chi connectivity index (χ1n) is 7.40. The Bertz CT molecular complexity index is 597. The Morgan fingerprint density at radius 3 is 2.71 bits per heavy atom. The molecule has 0 fully saturated rings. The van der Waals surface area contributed by atoms with E-state index in [2.05, 4.69) is 65.1 Å². The zero-order chi connectivity index (χ0) is 15.4. The summed E-state index contributed by atoms with van der Waals surface area (Å²) in [7, 11) is 0. The summed E-state index contributed by atoms with van der Waals surface area (Å²) in [5.41, 5.74) is 2.14. The lowest BCUT2D eigenvalue weighted by atomic mass is 9.98. The second-order valence-corrected chi connectivity index (χ2v) is 6.19. The molecule has 0 aliphatic heterocycles. The van der Waals surface area contributed by atoms with Gasteiger partial charge in [-0.1, -0.05) is 34.9 Å². The van der Waals surface area contributed by atoms with E-state index in [1.165, 1.54) is 0 Å². The quantitative estimate of drug-likeness (QED) is 0.842. The number of halogens is 1. The SMILES string of the molecule is CCNC(C)C(CC)c1nc(-c2ccc(Br)cc2C)no1. The van der Waals surface area contributed by atoms with Crippen molar-refractivity contribution in [1.82, 2.24) is 15.5 Å². The van der Waals surface area contributed by atoms with Gasteiger partial charge >= 0.3 is 0 Å². The minimum absolute atomic E-state index is 0.238. The highest BCUT2D eigenvalue weighted by atomic mass is 79.9. The van der Waals surface area contributed by atoms with Gasteiger partial charge in [-0.15, -0.1) is 0 Å². The van der Waals surface area contributed by atoms with Crippen LogP contribution in [0.15, 0.2) is 27.2 Å². The number of aryl methyl sites for hydroxylation is 1. The fraction of sp³-hybridized carbons (Fsp3) is 0.500. The molecular formula is C16H22BrN3O. The Balaban J connectivity index is 2.28. The van der Waals surface area contributed by atoms with Crippen LogP contribution in [0.2, 0.25) is 0 Å². The molecule has 0 aliphatic carbocycles. The van der Waals surface area contributed by atoms with Gasteiger partial charge in [0.2, 0.25) is 11.7 Å². The summed E-state index contributed by atoms with van der Waals surface area (Å²) in [5.74, 6) is 1.61. The van der Waals surface area contributed by atoms with Crippen LogP contribution < -0.4 is 5.32 Å². The molecule has 2 atom stereocenters. The second-order valence-electron chi connectivity index (χ2n) is 5.28.